The van der Waals surface area contributed by atoms with E-state index in [-0.39, 0.29) is 42.3 Å². The third-order valence-electron chi connectivity index (χ3n) is 4.55. The van der Waals surface area contributed by atoms with Gasteiger partial charge in [0.25, 0.3) is 5.91 Å². The molecule has 2 heterocycles. The number of hydrogen-bond donors (Lipinski definition) is 2. The van der Waals surface area contributed by atoms with Crippen LogP contribution in [0.5, 0.6) is 11.5 Å². The number of pyridine rings is 1. The molecule has 1 fully saturated rings. The van der Waals surface area contributed by atoms with E-state index in [4.69, 9.17) is 4.74 Å². The summed E-state index contributed by atoms with van der Waals surface area (Å²) < 4.78 is 5.84. The number of phenols is 1. The Balaban J connectivity index is 1.79. The zero-order valence-corrected chi connectivity index (χ0v) is 16.3. The van der Waals surface area contributed by atoms with Crippen molar-refractivity contribution in [2.45, 2.75) is 19.6 Å². The molecule has 1 amide bonds. The van der Waals surface area contributed by atoms with E-state index in [1.54, 1.807) is 47.1 Å². The van der Waals surface area contributed by atoms with Crippen LogP contribution in [0.1, 0.15) is 33.3 Å². The van der Waals surface area contributed by atoms with E-state index in [1.165, 1.54) is 13.0 Å². The summed E-state index contributed by atoms with van der Waals surface area (Å²) in [6, 6.07) is 7.79. The number of aliphatic hydroxyl groups excluding tert-OH is 1. The molecule has 0 bridgehead atoms. The molecule has 3 rings (SSSR count). The third-order valence-corrected chi connectivity index (χ3v) is 5.64. The number of Topliss-reactive ketones (excluding diaryl/α,β-unsaturated/α-hetero) is 1. The Morgan fingerprint density at radius 2 is 2.14 bits per heavy atom. The van der Waals surface area contributed by atoms with Gasteiger partial charge >= 0.3 is 0 Å². The summed E-state index contributed by atoms with van der Waals surface area (Å²) in [6.07, 6.45) is 1.54. The molecule has 1 atom stereocenters. The van der Waals surface area contributed by atoms with E-state index in [0.717, 1.165) is 5.75 Å². The van der Waals surface area contributed by atoms with Gasteiger partial charge in [0.05, 0.1) is 23.9 Å². The first-order valence-corrected chi connectivity index (χ1v) is 10.1. The maximum atomic E-state index is 13.0. The number of aliphatic hydroxyl groups is 1. The lowest BCUT2D eigenvalue weighted by molar-refractivity contribution is 0.0642. The van der Waals surface area contributed by atoms with Gasteiger partial charge in [-0.1, -0.05) is 6.07 Å². The molecule has 2 aromatic rings. The molecule has 28 heavy (non-hydrogen) atoms. The van der Waals surface area contributed by atoms with Crippen LogP contribution in [0, 0.1) is 0 Å². The summed E-state index contributed by atoms with van der Waals surface area (Å²) in [5.41, 5.74) is 0.861. The highest BCUT2D eigenvalue weighted by Crippen LogP contribution is 2.29. The second-order valence-corrected chi connectivity index (χ2v) is 7.55. The summed E-state index contributed by atoms with van der Waals surface area (Å²) in [5, 5.41) is 19.4. The second-order valence-electron chi connectivity index (χ2n) is 6.40. The highest BCUT2D eigenvalue weighted by atomic mass is 32.2. The van der Waals surface area contributed by atoms with Gasteiger partial charge in [-0.05, 0) is 31.2 Å². The number of carbonyl (C=O) groups is 2. The number of amides is 1. The molecule has 1 aliphatic rings. The number of rotatable bonds is 6. The molecule has 0 radical (unpaired) electrons. The Morgan fingerprint density at radius 3 is 2.89 bits per heavy atom. The van der Waals surface area contributed by atoms with Crippen molar-refractivity contribution in [2.75, 3.05) is 24.7 Å². The molecule has 1 saturated heterocycles. The van der Waals surface area contributed by atoms with Crippen LogP contribution in [0.25, 0.3) is 0 Å². The van der Waals surface area contributed by atoms with Crippen LogP contribution in [0.15, 0.2) is 36.5 Å². The molecular weight excluding hydrogens is 380 g/mol. The summed E-state index contributed by atoms with van der Waals surface area (Å²) >= 11 is 1.72. The van der Waals surface area contributed by atoms with Gasteiger partial charge < -0.3 is 19.8 Å². The maximum Gasteiger partial charge on any atom is 0.256 e. The fraction of sp³-hybridized carbons (Fsp3) is 0.350. The lowest BCUT2D eigenvalue weighted by atomic mass is 10.1. The van der Waals surface area contributed by atoms with Crippen molar-refractivity contribution in [3.8, 4) is 11.5 Å². The smallest absolute Gasteiger partial charge is 0.256 e. The lowest BCUT2D eigenvalue weighted by Crippen LogP contribution is -2.49. The van der Waals surface area contributed by atoms with Crippen LogP contribution in [0.2, 0.25) is 0 Å². The van der Waals surface area contributed by atoms with Gasteiger partial charge in [0.1, 0.15) is 23.7 Å². The fourth-order valence-corrected chi connectivity index (χ4v) is 4.19. The van der Waals surface area contributed by atoms with Crippen molar-refractivity contribution in [1.82, 2.24) is 9.88 Å². The number of thioether (sulfide) groups is 1. The molecule has 148 valence electrons. The summed E-state index contributed by atoms with van der Waals surface area (Å²) in [4.78, 5) is 30.7. The average molecular weight is 402 g/mol. The average Bonchev–Trinajstić information content (AvgIpc) is 2.71. The van der Waals surface area contributed by atoms with Crippen LogP contribution >= 0.6 is 11.8 Å². The zero-order chi connectivity index (χ0) is 20.1. The number of aromatic hydroxyl groups is 1. The largest absolute Gasteiger partial charge is 0.507 e. The standard InChI is InChI=1S/C20H22N2O5S/c1-13(24)19-17(25)5-2-6-18(19)27-11-14-12-28-9-8-22(14)20(26)15-4-3-7-21-16(15)10-23/h2-7,14,23,25H,8-12H2,1H3/t14-/m0/s1. The lowest BCUT2D eigenvalue weighted by Gasteiger charge is -2.35. The van der Waals surface area contributed by atoms with Crippen molar-refractivity contribution >= 4 is 23.5 Å². The van der Waals surface area contributed by atoms with Crippen molar-refractivity contribution < 1.29 is 24.5 Å². The molecule has 0 spiro atoms. The highest BCUT2D eigenvalue weighted by molar-refractivity contribution is 7.99. The molecule has 1 aromatic carbocycles. The Hall–Kier alpha value is -2.58. The first-order valence-electron chi connectivity index (χ1n) is 8.92. The molecule has 0 saturated carbocycles. The van der Waals surface area contributed by atoms with Gasteiger partial charge in [-0.3, -0.25) is 14.6 Å². The predicted octanol–water partition coefficient (Wildman–Crippen LogP) is 2.12. The minimum absolute atomic E-state index is 0.126. The van der Waals surface area contributed by atoms with Gasteiger partial charge in [-0.25, -0.2) is 0 Å². The minimum Gasteiger partial charge on any atom is -0.507 e. The molecule has 2 N–H and O–H groups in total. The normalized spacial score (nSPS) is 16.6. The van der Waals surface area contributed by atoms with Crippen LogP contribution in [-0.4, -0.2) is 62.5 Å². The Kier molecular flexibility index (Phi) is 6.53. The number of ketones is 1. The quantitative estimate of drug-likeness (QED) is 0.714. The van der Waals surface area contributed by atoms with E-state index < -0.39 is 0 Å². The Morgan fingerprint density at radius 1 is 1.32 bits per heavy atom. The molecule has 7 nitrogen and oxygen atoms in total. The van der Waals surface area contributed by atoms with Gasteiger partial charge in [0.15, 0.2) is 5.78 Å². The minimum atomic E-state index is -0.309. The highest BCUT2D eigenvalue weighted by Gasteiger charge is 2.30. The topological polar surface area (TPSA) is 100.0 Å². The van der Waals surface area contributed by atoms with Gasteiger partial charge in [0, 0.05) is 24.2 Å². The summed E-state index contributed by atoms with van der Waals surface area (Å²) in [5.74, 6) is 1.18. The molecule has 0 unspecified atom stereocenters. The number of nitrogens with zero attached hydrogens (tertiary/aromatic N) is 2. The van der Waals surface area contributed by atoms with Crippen LogP contribution in [0.4, 0.5) is 0 Å². The van der Waals surface area contributed by atoms with Gasteiger partial charge in [-0.2, -0.15) is 11.8 Å². The molecular formula is C20H22N2O5S. The number of hydrogen-bond acceptors (Lipinski definition) is 7. The maximum absolute atomic E-state index is 13.0. The zero-order valence-electron chi connectivity index (χ0n) is 15.5. The summed E-state index contributed by atoms with van der Waals surface area (Å²) in [7, 11) is 0. The van der Waals surface area contributed by atoms with Crippen LogP contribution in [0.3, 0.4) is 0 Å². The van der Waals surface area contributed by atoms with Crippen molar-refractivity contribution in [3.63, 3.8) is 0 Å². The number of benzene rings is 1. The molecule has 8 heteroatoms. The number of aromatic nitrogens is 1. The SMILES string of the molecule is CC(=O)c1c(O)cccc1OC[C@H]1CSCCN1C(=O)c1cccnc1CO. The van der Waals surface area contributed by atoms with Gasteiger partial charge in [0.2, 0.25) is 0 Å². The van der Waals surface area contributed by atoms with Crippen molar-refractivity contribution in [3.05, 3.63) is 53.3 Å². The number of carbonyl (C=O) groups excluding carboxylic acids is 2. The van der Waals surface area contributed by atoms with Gasteiger partial charge in [-0.15, -0.1) is 0 Å². The predicted molar refractivity (Wildman–Crippen MR) is 106 cm³/mol. The third kappa shape index (κ3) is 4.28. The molecule has 1 aromatic heterocycles. The fourth-order valence-electron chi connectivity index (χ4n) is 3.15. The van der Waals surface area contributed by atoms with E-state index in [0.29, 0.717) is 29.3 Å². The Bertz CT molecular complexity index is 873. The van der Waals surface area contributed by atoms with E-state index >= 15 is 0 Å². The first-order chi connectivity index (χ1) is 13.5. The van der Waals surface area contributed by atoms with E-state index in [9.17, 15) is 19.8 Å². The van der Waals surface area contributed by atoms with Crippen molar-refractivity contribution in [2.24, 2.45) is 0 Å². The monoisotopic (exact) mass is 402 g/mol. The second kappa shape index (κ2) is 9.07. The van der Waals surface area contributed by atoms with Crippen LogP contribution in [-0.2, 0) is 6.61 Å². The molecule has 1 aliphatic heterocycles. The summed E-state index contributed by atoms with van der Waals surface area (Å²) in [6.45, 7) is 1.80. The van der Waals surface area contributed by atoms with Crippen LogP contribution < -0.4 is 4.74 Å². The number of ether oxygens (including phenoxy) is 1. The van der Waals surface area contributed by atoms with E-state index in [2.05, 4.69) is 4.98 Å². The Labute approximate surface area is 167 Å². The van der Waals surface area contributed by atoms with Crippen molar-refractivity contribution in [1.29, 1.82) is 0 Å². The molecule has 0 aliphatic carbocycles. The first kappa shape index (κ1) is 20.2. The number of phenolic OH excluding ortho intramolecular Hbond substituents is 1. The van der Waals surface area contributed by atoms with E-state index in [1.807, 2.05) is 0 Å².